The van der Waals surface area contributed by atoms with Gasteiger partial charge in [0.05, 0.1) is 5.70 Å². The second-order valence-corrected chi connectivity index (χ2v) is 2.64. The molecule has 3 heteroatoms. The standard InChI is InChI=1S/C7H11F2N/c1-3-6-4-7(8,9)5(2)10-6/h6,10H,2-4H2,1H3. The van der Waals surface area contributed by atoms with Gasteiger partial charge >= 0.3 is 0 Å². The van der Waals surface area contributed by atoms with Crippen LogP contribution in [0.3, 0.4) is 0 Å². The van der Waals surface area contributed by atoms with Crippen molar-refractivity contribution >= 4 is 0 Å². The lowest BCUT2D eigenvalue weighted by Crippen LogP contribution is -2.18. The van der Waals surface area contributed by atoms with Crippen LogP contribution in [0.2, 0.25) is 0 Å². The number of hydrogen-bond donors (Lipinski definition) is 1. The number of allylic oxidation sites excluding steroid dienone is 1. The Morgan fingerprint density at radius 3 is 2.60 bits per heavy atom. The van der Waals surface area contributed by atoms with Crippen molar-refractivity contribution in [3.05, 3.63) is 12.3 Å². The van der Waals surface area contributed by atoms with Gasteiger partial charge in [-0.25, -0.2) is 0 Å². The molecule has 0 aliphatic carbocycles. The van der Waals surface area contributed by atoms with Crippen molar-refractivity contribution < 1.29 is 8.78 Å². The van der Waals surface area contributed by atoms with Crippen LogP contribution in [0.15, 0.2) is 12.3 Å². The number of hydrogen-bond acceptors (Lipinski definition) is 1. The summed E-state index contributed by atoms with van der Waals surface area (Å²) >= 11 is 0. The molecule has 10 heavy (non-hydrogen) atoms. The van der Waals surface area contributed by atoms with E-state index in [9.17, 15) is 8.78 Å². The first-order chi connectivity index (χ1) is 4.56. The van der Waals surface area contributed by atoms with E-state index < -0.39 is 5.92 Å². The molecule has 0 saturated carbocycles. The molecule has 1 heterocycles. The third-order valence-electron chi connectivity index (χ3n) is 1.82. The van der Waals surface area contributed by atoms with Gasteiger partial charge in [0.2, 0.25) is 0 Å². The topological polar surface area (TPSA) is 12.0 Å². The highest BCUT2D eigenvalue weighted by molar-refractivity contribution is 5.13. The summed E-state index contributed by atoms with van der Waals surface area (Å²) in [6.07, 6.45) is 0.636. The maximum Gasteiger partial charge on any atom is 0.288 e. The van der Waals surface area contributed by atoms with Crippen LogP contribution in [-0.4, -0.2) is 12.0 Å². The van der Waals surface area contributed by atoms with Gasteiger partial charge in [-0.1, -0.05) is 13.5 Å². The average molecular weight is 147 g/mol. The molecule has 1 N–H and O–H groups in total. The van der Waals surface area contributed by atoms with Gasteiger partial charge in [-0.3, -0.25) is 0 Å². The van der Waals surface area contributed by atoms with Crippen LogP contribution < -0.4 is 5.32 Å². The molecule has 0 spiro atoms. The minimum atomic E-state index is -2.68. The van der Waals surface area contributed by atoms with Crippen LogP contribution in [0.4, 0.5) is 8.78 Å². The molecule has 1 rings (SSSR count). The summed E-state index contributed by atoms with van der Waals surface area (Å²) in [4.78, 5) is 0. The lowest BCUT2D eigenvalue weighted by Gasteiger charge is -2.05. The van der Waals surface area contributed by atoms with E-state index in [0.29, 0.717) is 0 Å². The van der Waals surface area contributed by atoms with E-state index in [1.54, 1.807) is 0 Å². The van der Waals surface area contributed by atoms with Crippen LogP contribution in [0, 0.1) is 0 Å². The number of rotatable bonds is 1. The Morgan fingerprint density at radius 1 is 1.80 bits per heavy atom. The number of alkyl halides is 2. The zero-order valence-electron chi connectivity index (χ0n) is 5.95. The Balaban J connectivity index is 2.62. The first-order valence-electron chi connectivity index (χ1n) is 3.40. The minimum Gasteiger partial charge on any atom is -0.381 e. The van der Waals surface area contributed by atoms with Gasteiger partial charge in [-0.05, 0) is 6.42 Å². The molecule has 1 fully saturated rings. The second-order valence-electron chi connectivity index (χ2n) is 2.64. The molecule has 0 radical (unpaired) electrons. The Bertz CT molecular complexity index is 154. The Morgan fingerprint density at radius 2 is 2.40 bits per heavy atom. The third-order valence-corrected chi connectivity index (χ3v) is 1.82. The highest BCUT2D eigenvalue weighted by Crippen LogP contribution is 2.33. The number of halogens is 2. The van der Waals surface area contributed by atoms with Gasteiger partial charge < -0.3 is 5.32 Å². The van der Waals surface area contributed by atoms with Crippen molar-refractivity contribution in [3.8, 4) is 0 Å². The lowest BCUT2D eigenvalue weighted by atomic mass is 10.1. The Kier molecular flexibility index (Phi) is 1.67. The molecule has 1 atom stereocenters. The molecule has 0 aromatic heterocycles. The summed E-state index contributed by atoms with van der Waals surface area (Å²) in [7, 11) is 0. The van der Waals surface area contributed by atoms with E-state index >= 15 is 0 Å². The van der Waals surface area contributed by atoms with E-state index in [-0.39, 0.29) is 18.2 Å². The molecule has 0 aromatic carbocycles. The maximum absolute atomic E-state index is 12.6. The van der Waals surface area contributed by atoms with Crippen molar-refractivity contribution in [1.29, 1.82) is 0 Å². The summed E-state index contributed by atoms with van der Waals surface area (Å²) in [5.74, 6) is -2.68. The predicted molar refractivity (Wildman–Crippen MR) is 35.9 cm³/mol. The molecule has 1 nitrogen and oxygen atoms in total. The molecule has 1 saturated heterocycles. The van der Waals surface area contributed by atoms with Gasteiger partial charge in [-0.2, -0.15) is 8.78 Å². The molecular weight excluding hydrogens is 136 g/mol. The fourth-order valence-electron chi connectivity index (χ4n) is 1.08. The highest BCUT2D eigenvalue weighted by atomic mass is 19.3. The van der Waals surface area contributed by atoms with Crippen molar-refractivity contribution in [2.24, 2.45) is 0 Å². The largest absolute Gasteiger partial charge is 0.381 e. The third kappa shape index (κ3) is 1.13. The lowest BCUT2D eigenvalue weighted by molar-refractivity contribution is 0.0465. The quantitative estimate of drug-likeness (QED) is 0.597. The fourth-order valence-corrected chi connectivity index (χ4v) is 1.08. The molecule has 1 unspecified atom stereocenters. The first-order valence-corrected chi connectivity index (χ1v) is 3.40. The van der Waals surface area contributed by atoms with Crippen molar-refractivity contribution in [2.45, 2.75) is 31.7 Å². The van der Waals surface area contributed by atoms with E-state index in [2.05, 4.69) is 11.9 Å². The normalized spacial score (nSPS) is 30.3. The summed E-state index contributed by atoms with van der Waals surface area (Å²) in [5.41, 5.74) is -0.126. The maximum atomic E-state index is 12.6. The van der Waals surface area contributed by atoms with Crippen molar-refractivity contribution in [3.63, 3.8) is 0 Å². The van der Waals surface area contributed by atoms with Gasteiger partial charge in [0.1, 0.15) is 0 Å². The van der Waals surface area contributed by atoms with Crippen LogP contribution in [0.5, 0.6) is 0 Å². The average Bonchev–Trinajstić information content (AvgIpc) is 2.08. The Labute approximate surface area is 59.1 Å². The molecule has 1 aliphatic rings. The van der Waals surface area contributed by atoms with Gasteiger partial charge in [0, 0.05) is 12.5 Å². The summed E-state index contributed by atoms with van der Waals surface area (Å²) in [5, 5.41) is 2.65. The van der Waals surface area contributed by atoms with Gasteiger partial charge in [0.15, 0.2) is 0 Å². The SMILES string of the molecule is C=C1NC(CC)CC1(F)F. The monoisotopic (exact) mass is 147 g/mol. The fraction of sp³-hybridized carbons (Fsp3) is 0.714. The summed E-state index contributed by atoms with van der Waals surface area (Å²) in [6.45, 7) is 5.13. The molecular formula is C7H11F2N. The summed E-state index contributed by atoms with van der Waals surface area (Å²) in [6, 6.07) is -0.0810. The van der Waals surface area contributed by atoms with Gasteiger partial charge in [0.25, 0.3) is 5.92 Å². The number of nitrogens with one attached hydrogen (secondary N) is 1. The smallest absolute Gasteiger partial charge is 0.288 e. The minimum absolute atomic E-state index is 0.0810. The summed E-state index contributed by atoms with van der Waals surface area (Å²) < 4.78 is 25.2. The second kappa shape index (κ2) is 2.22. The van der Waals surface area contributed by atoms with Crippen molar-refractivity contribution in [1.82, 2.24) is 5.32 Å². The van der Waals surface area contributed by atoms with Gasteiger partial charge in [-0.15, -0.1) is 0 Å². The predicted octanol–water partition coefficient (Wildman–Crippen LogP) is 1.91. The zero-order chi connectivity index (χ0) is 7.78. The molecule has 0 aromatic rings. The van der Waals surface area contributed by atoms with E-state index in [4.69, 9.17) is 0 Å². The highest BCUT2D eigenvalue weighted by Gasteiger charge is 2.42. The van der Waals surface area contributed by atoms with Crippen LogP contribution >= 0.6 is 0 Å². The van der Waals surface area contributed by atoms with Crippen LogP contribution in [0.1, 0.15) is 19.8 Å². The molecule has 58 valence electrons. The van der Waals surface area contributed by atoms with Crippen molar-refractivity contribution in [2.75, 3.05) is 0 Å². The molecule has 0 bridgehead atoms. The van der Waals surface area contributed by atoms with Crippen LogP contribution in [-0.2, 0) is 0 Å². The van der Waals surface area contributed by atoms with E-state index in [0.717, 1.165) is 6.42 Å². The molecule has 0 amide bonds. The zero-order valence-corrected chi connectivity index (χ0v) is 5.95. The Hall–Kier alpha value is -0.600. The molecule has 1 aliphatic heterocycles. The van der Waals surface area contributed by atoms with E-state index in [1.165, 1.54) is 0 Å². The van der Waals surface area contributed by atoms with E-state index in [1.807, 2.05) is 6.92 Å². The first kappa shape index (κ1) is 7.51. The van der Waals surface area contributed by atoms with Crippen LogP contribution in [0.25, 0.3) is 0 Å².